The molecular weight excluding hydrogens is 235 g/mol. The second-order valence-electron chi connectivity index (χ2n) is 2.73. The van der Waals surface area contributed by atoms with Gasteiger partial charge in [0.25, 0.3) is 0 Å². The Morgan fingerprint density at radius 3 is 2.33 bits per heavy atom. The molecule has 0 spiro atoms. The summed E-state index contributed by atoms with van der Waals surface area (Å²) in [4.78, 5) is 10.6. The van der Waals surface area contributed by atoms with Gasteiger partial charge >= 0.3 is 12.1 Å². The van der Waals surface area contributed by atoms with Crippen molar-refractivity contribution >= 4 is 23.3 Å². The van der Waals surface area contributed by atoms with Crippen molar-refractivity contribution in [2.75, 3.05) is 5.73 Å². The van der Waals surface area contributed by atoms with Crippen LogP contribution in [-0.4, -0.2) is 11.1 Å². The van der Waals surface area contributed by atoms with Gasteiger partial charge in [-0.1, -0.05) is 11.6 Å². The number of halogens is 4. The minimum absolute atomic E-state index is 0.239. The number of anilines is 1. The second kappa shape index (κ2) is 3.62. The summed E-state index contributed by atoms with van der Waals surface area (Å²) >= 11 is 5.37. The molecule has 0 aliphatic rings. The van der Waals surface area contributed by atoms with Gasteiger partial charge in [0.15, 0.2) is 0 Å². The molecule has 0 aliphatic heterocycles. The highest BCUT2D eigenvalue weighted by atomic mass is 35.5. The van der Waals surface area contributed by atoms with E-state index in [1.165, 1.54) is 0 Å². The molecule has 0 heterocycles. The van der Waals surface area contributed by atoms with E-state index in [-0.39, 0.29) is 5.69 Å². The molecule has 7 heteroatoms. The summed E-state index contributed by atoms with van der Waals surface area (Å²) < 4.78 is 37.2. The lowest BCUT2D eigenvalue weighted by Crippen LogP contribution is -2.14. The lowest BCUT2D eigenvalue weighted by Gasteiger charge is -2.12. The number of aromatic carboxylic acids is 1. The minimum Gasteiger partial charge on any atom is -0.478 e. The smallest absolute Gasteiger partial charge is 0.417 e. The van der Waals surface area contributed by atoms with Crippen molar-refractivity contribution < 1.29 is 23.1 Å². The van der Waals surface area contributed by atoms with Crippen molar-refractivity contribution in [1.82, 2.24) is 0 Å². The van der Waals surface area contributed by atoms with Crippen LogP contribution < -0.4 is 5.73 Å². The summed E-state index contributed by atoms with van der Waals surface area (Å²) in [5, 5.41) is 8.04. The largest absolute Gasteiger partial charge is 0.478 e. The first-order valence-corrected chi connectivity index (χ1v) is 4.01. The molecule has 0 atom stereocenters. The van der Waals surface area contributed by atoms with Crippen molar-refractivity contribution in [3.63, 3.8) is 0 Å². The fourth-order valence-corrected chi connectivity index (χ4v) is 1.38. The molecule has 1 aromatic rings. The molecule has 0 aliphatic carbocycles. The Bertz CT molecular complexity index is 417. The summed E-state index contributed by atoms with van der Waals surface area (Å²) in [6.07, 6.45) is -4.80. The number of carbonyl (C=O) groups is 1. The average Bonchev–Trinajstić information content (AvgIpc) is 1.99. The fourth-order valence-electron chi connectivity index (χ4n) is 1.07. The van der Waals surface area contributed by atoms with E-state index in [1.54, 1.807) is 0 Å². The molecule has 0 radical (unpaired) electrons. The Kier molecular flexibility index (Phi) is 2.81. The Hall–Kier alpha value is -1.43. The predicted molar refractivity (Wildman–Crippen MR) is 47.8 cm³/mol. The molecular formula is C8H5ClF3NO2. The molecule has 0 aromatic heterocycles. The van der Waals surface area contributed by atoms with Crippen LogP contribution in [0.15, 0.2) is 12.1 Å². The molecule has 0 saturated carbocycles. The summed E-state index contributed by atoms with van der Waals surface area (Å²) in [6, 6.07) is 1.50. The van der Waals surface area contributed by atoms with Gasteiger partial charge in [0, 0.05) is 5.69 Å². The van der Waals surface area contributed by atoms with E-state index < -0.39 is 28.3 Å². The summed E-state index contributed by atoms with van der Waals surface area (Å²) in [5.74, 6) is -1.74. The Morgan fingerprint density at radius 1 is 1.40 bits per heavy atom. The lowest BCUT2D eigenvalue weighted by molar-refractivity contribution is -0.138. The molecule has 0 bridgehead atoms. The van der Waals surface area contributed by atoms with Crippen LogP contribution in [0.4, 0.5) is 18.9 Å². The van der Waals surface area contributed by atoms with Gasteiger partial charge < -0.3 is 10.8 Å². The van der Waals surface area contributed by atoms with Crippen molar-refractivity contribution in [2.45, 2.75) is 6.18 Å². The normalized spacial score (nSPS) is 11.5. The highest BCUT2D eigenvalue weighted by Crippen LogP contribution is 2.36. The van der Waals surface area contributed by atoms with E-state index in [0.29, 0.717) is 6.07 Å². The molecule has 15 heavy (non-hydrogen) atoms. The molecule has 1 rings (SSSR count). The van der Waals surface area contributed by atoms with Crippen LogP contribution in [0.5, 0.6) is 0 Å². The Balaban J connectivity index is 3.54. The van der Waals surface area contributed by atoms with Crippen LogP contribution in [0.25, 0.3) is 0 Å². The number of nitrogens with two attached hydrogens (primary N) is 1. The van der Waals surface area contributed by atoms with Gasteiger partial charge in [0.05, 0.1) is 16.1 Å². The quantitative estimate of drug-likeness (QED) is 0.741. The van der Waals surface area contributed by atoms with Crippen LogP contribution in [0.2, 0.25) is 5.02 Å². The van der Waals surface area contributed by atoms with Crippen LogP contribution >= 0.6 is 11.6 Å². The zero-order valence-corrected chi connectivity index (χ0v) is 7.86. The first kappa shape index (κ1) is 11.6. The third-order valence-corrected chi connectivity index (χ3v) is 1.93. The monoisotopic (exact) mass is 239 g/mol. The Morgan fingerprint density at radius 2 is 1.93 bits per heavy atom. The number of nitrogen functional groups attached to an aromatic ring is 1. The maximum Gasteiger partial charge on any atom is 0.417 e. The van der Waals surface area contributed by atoms with Gasteiger partial charge in [-0.15, -0.1) is 0 Å². The molecule has 0 saturated heterocycles. The lowest BCUT2D eigenvalue weighted by atomic mass is 10.1. The number of benzene rings is 1. The zero-order chi connectivity index (χ0) is 11.8. The van der Waals surface area contributed by atoms with Crippen LogP contribution in [0, 0.1) is 0 Å². The highest BCUT2D eigenvalue weighted by molar-refractivity contribution is 6.34. The van der Waals surface area contributed by atoms with Gasteiger partial charge in [-0.25, -0.2) is 4.79 Å². The SMILES string of the molecule is Nc1cc(Cl)c(C(=O)O)c(C(F)(F)F)c1. The fraction of sp³-hybridized carbons (Fsp3) is 0.125. The number of carboxylic acid groups (broad SMARTS) is 1. The summed E-state index contributed by atoms with van der Waals surface area (Å²) in [5.41, 5.74) is 2.57. The van der Waals surface area contributed by atoms with Gasteiger partial charge in [-0.05, 0) is 12.1 Å². The zero-order valence-electron chi connectivity index (χ0n) is 7.10. The van der Waals surface area contributed by atoms with Crippen molar-refractivity contribution in [3.05, 3.63) is 28.3 Å². The number of rotatable bonds is 1. The van der Waals surface area contributed by atoms with Gasteiger partial charge in [0.2, 0.25) is 0 Å². The standard InChI is InChI=1S/C8H5ClF3NO2/c9-5-2-3(13)1-4(8(10,11)12)6(5)7(14)15/h1-2H,13H2,(H,14,15). The number of carboxylic acids is 1. The number of hydrogen-bond acceptors (Lipinski definition) is 2. The summed E-state index contributed by atoms with van der Waals surface area (Å²) in [7, 11) is 0. The van der Waals surface area contributed by atoms with Crippen LogP contribution in [0.1, 0.15) is 15.9 Å². The van der Waals surface area contributed by atoms with Crippen molar-refractivity contribution in [3.8, 4) is 0 Å². The maximum absolute atomic E-state index is 12.4. The second-order valence-corrected chi connectivity index (χ2v) is 3.14. The molecule has 1 aromatic carbocycles. The van der Waals surface area contributed by atoms with Crippen molar-refractivity contribution in [1.29, 1.82) is 0 Å². The molecule has 0 unspecified atom stereocenters. The van der Waals surface area contributed by atoms with Gasteiger partial charge in [-0.3, -0.25) is 0 Å². The highest BCUT2D eigenvalue weighted by Gasteiger charge is 2.36. The van der Waals surface area contributed by atoms with E-state index in [0.717, 1.165) is 6.07 Å². The summed E-state index contributed by atoms with van der Waals surface area (Å²) in [6.45, 7) is 0. The van der Waals surface area contributed by atoms with E-state index >= 15 is 0 Å². The van der Waals surface area contributed by atoms with Crippen LogP contribution in [0.3, 0.4) is 0 Å². The van der Waals surface area contributed by atoms with Crippen molar-refractivity contribution in [2.24, 2.45) is 0 Å². The van der Waals surface area contributed by atoms with E-state index in [1.807, 2.05) is 0 Å². The van der Waals surface area contributed by atoms with E-state index in [4.69, 9.17) is 22.4 Å². The molecule has 3 N–H and O–H groups in total. The number of hydrogen-bond donors (Lipinski definition) is 2. The predicted octanol–water partition coefficient (Wildman–Crippen LogP) is 2.64. The number of alkyl halides is 3. The third-order valence-electron chi connectivity index (χ3n) is 1.63. The van der Waals surface area contributed by atoms with Crippen LogP contribution in [-0.2, 0) is 6.18 Å². The van der Waals surface area contributed by atoms with Gasteiger partial charge in [-0.2, -0.15) is 13.2 Å². The average molecular weight is 240 g/mol. The molecule has 0 fully saturated rings. The maximum atomic E-state index is 12.4. The Labute approximate surface area is 87.3 Å². The van der Waals surface area contributed by atoms with E-state index in [2.05, 4.69) is 0 Å². The molecule has 0 amide bonds. The first-order chi connectivity index (χ1) is 6.73. The topological polar surface area (TPSA) is 63.3 Å². The third kappa shape index (κ3) is 2.33. The minimum atomic E-state index is -4.80. The van der Waals surface area contributed by atoms with Gasteiger partial charge in [0.1, 0.15) is 0 Å². The first-order valence-electron chi connectivity index (χ1n) is 3.63. The van der Waals surface area contributed by atoms with E-state index in [9.17, 15) is 18.0 Å². The molecule has 3 nitrogen and oxygen atoms in total. The molecule has 82 valence electrons.